The smallest absolute Gasteiger partial charge is 0.213 e. The summed E-state index contributed by atoms with van der Waals surface area (Å²) in [7, 11) is 0. The molecule has 0 amide bonds. The maximum atomic E-state index is 6.33. The molecule has 27 heavy (non-hydrogen) atoms. The molecule has 2 heterocycles. The van der Waals surface area contributed by atoms with Crippen molar-refractivity contribution >= 4 is 28.9 Å². The first-order valence-electron chi connectivity index (χ1n) is 8.82. The van der Waals surface area contributed by atoms with E-state index in [1.165, 1.54) is 0 Å². The monoisotopic (exact) mass is 394 g/mol. The Bertz CT molecular complexity index is 1040. The average Bonchev–Trinajstić information content (AvgIpc) is 3.16. The van der Waals surface area contributed by atoms with Crippen LogP contribution in [0.4, 0.5) is 0 Å². The first-order chi connectivity index (χ1) is 13.2. The minimum atomic E-state index is -0.346. The lowest BCUT2D eigenvalue weighted by Crippen LogP contribution is -2.33. The molecule has 2 atom stereocenters. The van der Waals surface area contributed by atoms with E-state index in [0.29, 0.717) is 10.0 Å². The number of halogens is 2. The van der Waals surface area contributed by atoms with Gasteiger partial charge in [0.05, 0.1) is 21.8 Å². The van der Waals surface area contributed by atoms with E-state index in [9.17, 15) is 0 Å². The van der Waals surface area contributed by atoms with Gasteiger partial charge in [0.25, 0.3) is 0 Å². The van der Waals surface area contributed by atoms with Crippen LogP contribution >= 0.6 is 23.2 Å². The van der Waals surface area contributed by atoms with Gasteiger partial charge in [0.1, 0.15) is 5.75 Å². The summed E-state index contributed by atoms with van der Waals surface area (Å²) in [5.41, 5.74) is 4.29. The van der Waals surface area contributed by atoms with Crippen molar-refractivity contribution in [1.82, 2.24) is 5.01 Å². The van der Waals surface area contributed by atoms with Gasteiger partial charge in [-0.25, -0.2) is 5.01 Å². The minimum Gasteiger partial charge on any atom is -0.464 e. The molecule has 5 rings (SSSR count). The Morgan fingerprint density at radius 2 is 1.67 bits per heavy atom. The highest BCUT2D eigenvalue weighted by molar-refractivity contribution is 6.42. The Kier molecular flexibility index (Phi) is 4.07. The van der Waals surface area contributed by atoms with Gasteiger partial charge in [-0.3, -0.25) is 0 Å². The highest BCUT2D eigenvalue weighted by atomic mass is 35.5. The number of benzene rings is 3. The number of nitrogens with zero attached hydrogens (tertiary/aromatic N) is 2. The summed E-state index contributed by atoms with van der Waals surface area (Å²) in [5, 5.41) is 8.03. The molecule has 3 nitrogen and oxygen atoms in total. The minimum absolute atomic E-state index is 0.129. The molecule has 3 aromatic carbocycles. The zero-order chi connectivity index (χ0) is 18.4. The summed E-state index contributed by atoms with van der Waals surface area (Å²) in [6.45, 7) is 0. The van der Waals surface area contributed by atoms with Crippen LogP contribution < -0.4 is 4.74 Å². The fourth-order valence-corrected chi connectivity index (χ4v) is 4.03. The van der Waals surface area contributed by atoms with Crippen LogP contribution in [0.15, 0.2) is 77.9 Å². The first kappa shape index (κ1) is 16.7. The van der Waals surface area contributed by atoms with Crippen molar-refractivity contribution in [3.8, 4) is 5.75 Å². The summed E-state index contributed by atoms with van der Waals surface area (Å²) >= 11 is 12.4. The van der Waals surface area contributed by atoms with Gasteiger partial charge in [-0.1, -0.05) is 77.8 Å². The van der Waals surface area contributed by atoms with E-state index < -0.39 is 0 Å². The van der Waals surface area contributed by atoms with Gasteiger partial charge in [0.2, 0.25) is 6.23 Å². The summed E-state index contributed by atoms with van der Waals surface area (Å²) in [4.78, 5) is 0. The molecule has 0 aromatic heterocycles. The van der Waals surface area contributed by atoms with Crippen LogP contribution in [0.25, 0.3) is 0 Å². The molecule has 0 bridgehead atoms. The lowest BCUT2D eigenvalue weighted by atomic mass is 9.96. The second-order valence-corrected chi connectivity index (χ2v) is 7.51. The lowest BCUT2D eigenvalue weighted by Gasteiger charge is -2.38. The lowest BCUT2D eigenvalue weighted by molar-refractivity contribution is -0.0190. The topological polar surface area (TPSA) is 24.8 Å². The van der Waals surface area contributed by atoms with Crippen molar-refractivity contribution < 1.29 is 4.74 Å². The third kappa shape index (κ3) is 2.88. The Morgan fingerprint density at radius 3 is 2.48 bits per heavy atom. The Balaban J connectivity index is 1.61. The van der Waals surface area contributed by atoms with Crippen molar-refractivity contribution in [2.45, 2.75) is 18.7 Å². The molecule has 0 saturated heterocycles. The molecule has 5 heteroatoms. The number of hydrogen-bond acceptors (Lipinski definition) is 3. The van der Waals surface area contributed by atoms with Crippen LogP contribution in [0.2, 0.25) is 10.0 Å². The molecular weight excluding hydrogens is 379 g/mol. The third-order valence-electron chi connectivity index (χ3n) is 5.03. The highest BCUT2D eigenvalue weighted by Crippen LogP contribution is 2.47. The Labute approximate surface area is 167 Å². The Morgan fingerprint density at radius 1 is 0.889 bits per heavy atom. The van der Waals surface area contributed by atoms with Crippen molar-refractivity contribution in [1.29, 1.82) is 0 Å². The van der Waals surface area contributed by atoms with Gasteiger partial charge in [0.15, 0.2) is 0 Å². The van der Waals surface area contributed by atoms with Crippen molar-refractivity contribution in [3.05, 3.63) is 99.5 Å². The van der Waals surface area contributed by atoms with Gasteiger partial charge in [-0.05, 0) is 23.8 Å². The molecule has 2 aliphatic rings. The average molecular weight is 395 g/mol. The van der Waals surface area contributed by atoms with Gasteiger partial charge in [-0.15, -0.1) is 0 Å². The number of fused-ring (bicyclic) bond motifs is 3. The van der Waals surface area contributed by atoms with Crippen molar-refractivity contribution in [2.24, 2.45) is 5.10 Å². The van der Waals surface area contributed by atoms with Crippen LogP contribution in [0.1, 0.15) is 35.4 Å². The summed E-state index contributed by atoms with van der Waals surface area (Å²) in [6.07, 6.45) is 0.489. The molecule has 0 radical (unpaired) electrons. The fourth-order valence-electron chi connectivity index (χ4n) is 3.73. The summed E-state index contributed by atoms with van der Waals surface area (Å²) < 4.78 is 6.33. The standard InChI is InChI=1S/C22H16Cl2N2O/c23-17-11-10-15(12-18(17)24)22-26-20(16-8-4-5-9-21(16)27-22)13-19(25-26)14-6-2-1-3-7-14/h1-12,20,22H,13H2/t20-,22+/m0/s1. The molecule has 0 fully saturated rings. The molecule has 2 aliphatic heterocycles. The maximum absolute atomic E-state index is 6.33. The van der Waals surface area contributed by atoms with Crippen LogP contribution in [0, 0.1) is 0 Å². The van der Waals surface area contributed by atoms with Crippen LogP contribution in [0.5, 0.6) is 5.75 Å². The van der Waals surface area contributed by atoms with E-state index in [4.69, 9.17) is 33.0 Å². The quantitative estimate of drug-likeness (QED) is 0.513. The Hall–Kier alpha value is -2.49. The second kappa shape index (κ2) is 6.59. The number of hydrazone groups is 1. The van der Waals surface area contributed by atoms with Crippen molar-refractivity contribution in [3.63, 3.8) is 0 Å². The maximum Gasteiger partial charge on any atom is 0.213 e. The molecule has 0 N–H and O–H groups in total. The first-order valence-corrected chi connectivity index (χ1v) is 9.58. The van der Waals surface area contributed by atoms with E-state index in [1.807, 2.05) is 53.5 Å². The predicted octanol–water partition coefficient (Wildman–Crippen LogP) is 6.24. The van der Waals surface area contributed by atoms with Gasteiger partial charge in [-0.2, -0.15) is 5.10 Å². The van der Waals surface area contributed by atoms with Gasteiger partial charge < -0.3 is 4.74 Å². The van der Waals surface area contributed by atoms with E-state index in [-0.39, 0.29) is 12.3 Å². The van der Waals surface area contributed by atoms with E-state index in [1.54, 1.807) is 6.07 Å². The highest BCUT2D eigenvalue weighted by Gasteiger charge is 2.40. The zero-order valence-corrected chi connectivity index (χ0v) is 15.9. The molecule has 134 valence electrons. The van der Waals surface area contributed by atoms with Crippen LogP contribution in [-0.2, 0) is 0 Å². The van der Waals surface area contributed by atoms with E-state index in [2.05, 4.69) is 18.2 Å². The van der Waals surface area contributed by atoms with E-state index in [0.717, 1.165) is 34.6 Å². The predicted molar refractivity (Wildman–Crippen MR) is 108 cm³/mol. The number of rotatable bonds is 2. The molecule has 3 aromatic rings. The van der Waals surface area contributed by atoms with Crippen LogP contribution in [-0.4, -0.2) is 10.7 Å². The van der Waals surface area contributed by atoms with Gasteiger partial charge in [0, 0.05) is 17.5 Å². The SMILES string of the molecule is Clc1ccc([C@H]2Oc3ccccc3[C@@H]3CC(c4ccccc4)=NN23)cc1Cl. The molecule has 0 saturated carbocycles. The zero-order valence-electron chi connectivity index (χ0n) is 14.3. The number of hydrogen-bond donors (Lipinski definition) is 0. The third-order valence-corrected chi connectivity index (χ3v) is 5.77. The summed E-state index contributed by atoms with van der Waals surface area (Å²) in [6, 6.07) is 24.2. The normalized spacial score (nSPS) is 20.5. The molecule has 0 unspecified atom stereocenters. The number of para-hydroxylation sites is 1. The van der Waals surface area contributed by atoms with Gasteiger partial charge >= 0.3 is 0 Å². The molecular formula is C22H16Cl2N2O. The summed E-state index contributed by atoms with van der Waals surface area (Å²) in [5.74, 6) is 0.888. The van der Waals surface area contributed by atoms with Crippen LogP contribution in [0.3, 0.4) is 0 Å². The molecule has 0 spiro atoms. The molecule has 0 aliphatic carbocycles. The van der Waals surface area contributed by atoms with E-state index >= 15 is 0 Å². The second-order valence-electron chi connectivity index (χ2n) is 6.69. The fraction of sp³-hybridized carbons (Fsp3) is 0.136. The van der Waals surface area contributed by atoms with Crippen molar-refractivity contribution in [2.75, 3.05) is 0 Å². The largest absolute Gasteiger partial charge is 0.464 e. The number of ether oxygens (including phenoxy) is 1.